The number of nitrogens with one attached hydrogen (secondary N) is 1. The van der Waals surface area contributed by atoms with Crippen molar-refractivity contribution in [2.45, 2.75) is 25.8 Å². The highest BCUT2D eigenvalue weighted by Crippen LogP contribution is 2.26. The van der Waals surface area contributed by atoms with Crippen molar-refractivity contribution in [3.05, 3.63) is 81.7 Å². The van der Waals surface area contributed by atoms with E-state index in [-0.39, 0.29) is 11.7 Å². The third kappa shape index (κ3) is 5.37. The van der Waals surface area contributed by atoms with Crippen molar-refractivity contribution in [3.63, 3.8) is 0 Å². The van der Waals surface area contributed by atoms with Crippen molar-refractivity contribution in [2.75, 3.05) is 20.3 Å². The fourth-order valence-electron chi connectivity index (χ4n) is 4.28. The van der Waals surface area contributed by atoms with Gasteiger partial charge in [-0.25, -0.2) is 4.39 Å². The van der Waals surface area contributed by atoms with E-state index in [4.69, 9.17) is 9.47 Å². The van der Waals surface area contributed by atoms with E-state index in [1.807, 2.05) is 37.4 Å². The zero-order valence-electron chi connectivity index (χ0n) is 19.8. The highest BCUT2D eigenvalue weighted by Gasteiger charge is 2.21. The van der Waals surface area contributed by atoms with E-state index in [1.54, 1.807) is 30.1 Å². The lowest BCUT2D eigenvalue weighted by Crippen LogP contribution is -2.32. The number of methoxy groups -OCH3 is 1. The topological polar surface area (TPSA) is 65.4 Å². The Morgan fingerprint density at radius 1 is 1.21 bits per heavy atom. The number of rotatable bonds is 6. The first kappa shape index (κ1) is 23.7. The summed E-state index contributed by atoms with van der Waals surface area (Å²) in [5.74, 6) is -0.101. The molecule has 1 atom stereocenters. The molecule has 34 heavy (non-hydrogen) atoms. The van der Waals surface area contributed by atoms with Crippen LogP contribution in [0.1, 0.15) is 47.3 Å². The average molecular weight is 464 g/mol. The van der Waals surface area contributed by atoms with Crippen molar-refractivity contribution >= 4 is 18.1 Å². The monoisotopic (exact) mass is 463 g/mol. The quantitative estimate of drug-likeness (QED) is 0.610. The Labute approximate surface area is 198 Å². The van der Waals surface area contributed by atoms with Crippen LogP contribution in [-0.2, 0) is 11.8 Å². The highest BCUT2D eigenvalue weighted by atomic mass is 19.1. The molecule has 1 saturated heterocycles. The van der Waals surface area contributed by atoms with Gasteiger partial charge >= 0.3 is 0 Å². The van der Waals surface area contributed by atoms with Gasteiger partial charge < -0.3 is 14.8 Å². The fraction of sp³-hybridized carbons (Fsp3) is 0.333. The molecule has 1 aliphatic rings. The summed E-state index contributed by atoms with van der Waals surface area (Å²) < 4.78 is 26.6. The molecule has 1 N–H and O–H groups in total. The molecule has 4 rings (SSSR count). The van der Waals surface area contributed by atoms with Crippen LogP contribution in [0, 0.1) is 11.7 Å². The molecule has 0 spiro atoms. The summed E-state index contributed by atoms with van der Waals surface area (Å²) in [6.07, 6.45) is 9.79. The third-order valence-corrected chi connectivity index (χ3v) is 6.18. The van der Waals surface area contributed by atoms with E-state index in [0.29, 0.717) is 17.0 Å². The van der Waals surface area contributed by atoms with E-state index < -0.39 is 11.9 Å². The van der Waals surface area contributed by atoms with E-state index in [2.05, 4.69) is 16.5 Å². The zero-order valence-corrected chi connectivity index (χ0v) is 19.8. The molecule has 0 saturated carbocycles. The van der Waals surface area contributed by atoms with Crippen LogP contribution in [0.5, 0.6) is 5.75 Å². The second-order valence-electron chi connectivity index (χ2n) is 8.50. The molecule has 1 fully saturated rings. The maximum Gasteiger partial charge on any atom is 0.252 e. The van der Waals surface area contributed by atoms with Crippen LogP contribution >= 0.6 is 0 Å². The molecule has 0 unspecified atom stereocenters. The molecule has 0 radical (unpaired) electrons. The summed E-state index contributed by atoms with van der Waals surface area (Å²) in [7, 11) is 3.22. The predicted molar refractivity (Wildman–Crippen MR) is 129 cm³/mol. The van der Waals surface area contributed by atoms with Gasteiger partial charge in [-0.1, -0.05) is 24.3 Å². The van der Waals surface area contributed by atoms with E-state index >= 15 is 0 Å². The number of benzene rings is 2. The number of carbonyl (C=O) groups is 1. The Morgan fingerprint density at radius 2 is 2.00 bits per heavy atom. The molecule has 1 amide bonds. The molecule has 2 aromatic carbocycles. The van der Waals surface area contributed by atoms with Gasteiger partial charge in [0, 0.05) is 37.6 Å². The molecule has 6 nitrogen and oxygen atoms in total. The van der Waals surface area contributed by atoms with Gasteiger partial charge in [0.2, 0.25) is 0 Å². The largest absolute Gasteiger partial charge is 0.494 e. The van der Waals surface area contributed by atoms with Crippen molar-refractivity contribution in [1.82, 2.24) is 15.1 Å². The van der Waals surface area contributed by atoms with E-state index in [0.717, 1.165) is 42.1 Å². The van der Waals surface area contributed by atoms with Gasteiger partial charge in [-0.15, -0.1) is 0 Å². The summed E-state index contributed by atoms with van der Waals surface area (Å²) in [5.41, 5.74) is 1.90. The third-order valence-electron chi connectivity index (χ3n) is 6.18. The lowest BCUT2D eigenvalue weighted by Gasteiger charge is -2.19. The van der Waals surface area contributed by atoms with Crippen molar-refractivity contribution in [2.24, 2.45) is 13.0 Å². The Balaban J connectivity index is 1.64. The Bertz CT molecular complexity index is 1280. The van der Waals surface area contributed by atoms with Gasteiger partial charge in [0.05, 0.1) is 19.3 Å². The molecule has 1 aliphatic heterocycles. The second-order valence-corrected chi connectivity index (χ2v) is 8.50. The summed E-state index contributed by atoms with van der Waals surface area (Å²) in [5, 5.41) is 9.40. The van der Waals surface area contributed by atoms with Crippen LogP contribution in [0.2, 0.25) is 0 Å². The first-order valence-corrected chi connectivity index (χ1v) is 11.5. The molecule has 7 heteroatoms. The molecule has 1 aromatic heterocycles. The molecule has 0 aliphatic carbocycles. The van der Waals surface area contributed by atoms with Crippen LogP contribution in [0.15, 0.2) is 48.8 Å². The lowest BCUT2D eigenvalue weighted by atomic mass is 9.97. The molecule has 178 valence electrons. The lowest BCUT2D eigenvalue weighted by molar-refractivity contribution is 0.0819. The SMILES string of the molecule is C/C=c1/cc(C(=O)N[C@@H](c2ccc(OC)c(F)c2)c2cnn(C)c2)ccc1=CC1CCOCC1. The Morgan fingerprint density at radius 3 is 2.65 bits per heavy atom. The van der Waals surface area contributed by atoms with Gasteiger partial charge in [0.15, 0.2) is 11.6 Å². The van der Waals surface area contributed by atoms with E-state index in [1.165, 1.54) is 13.2 Å². The maximum absolute atomic E-state index is 14.5. The summed E-state index contributed by atoms with van der Waals surface area (Å²) >= 11 is 0. The van der Waals surface area contributed by atoms with Crippen LogP contribution < -0.4 is 20.5 Å². The Hall–Kier alpha value is -3.45. The zero-order chi connectivity index (χ0) is 24.1. The molecule has 3 aromatic rings. The number of hydrogen-bond donors (Lipinski definition) is 1. The maximum atomic E-state index is 14.5. The number of aromatic nitrogens is 2. The van der Waals surface area contributed by atoms with Crippen molar-refractivity contribution < 1.29 is 18.7 Å². The van der Waals surface area contributed by atoms with Crippen LogP contribution in [0.4, 0.5) is 4.39 Å². The number of amides is 1. The first-order chi connectivity index (χ1) is 16.5. The fourth-order valence-corrected chi connectivity index (χ4v) is 4.28. The van der Waals surface area contributed by atoms with Gasteiger partial charge in [0.1, 0.15) is 0 Å². The normalized spacial score (nSPS) is 16.5. The first-order valence-electron chi connectivity index (χ1n) is 11.5. The van der Waals surface area contributed by atoms with Gasteiger partial charge in [-0.3, -0.25) is 9.48 Å². The summed E-state index contributed by atoms with van der Waals surface area (Å²) in [6.45, 7) is 3.54. The number of ether oxygens (including phenoxy) is 2. The Kier molecular flexibility index (Phi) is 7.43. The minimum absolute atomic E-state index is 0.152. The minimum Gasteiger partial charge on any atom is -0.494 e. The predicted octanol–water partition coefficient (Wildman–Crippen LogP) is 3.09. The number of halogens is 1. The summed E-state index contributed by atoms with van der Waals surface area (Å²) in [6, 6.07) is 9.85. The smallest absolute Gasteiger partial charge is 0.252 e. The van der Waals surface area contributed by atoms with Crippen LogP contribution in [-0.4, -0.2) is 36.0 Å². The molecule has 0 bridgehead atoms. The number of hydrogen-bond acceptors (Lipinski definition) is 4. The molecule has 2 heterocycles. The van der Waals surface area contributed by atoms with E-state index in [9.17, 15) is 9.18 Å². The number of aryl methyl sites for hydroxylation is 1. The van der Waals surface area contributed by atoms with Gasteiger partial charge in [-0.2, -0.15) is 5.10 Å². The molecular formula is C27H30FN3O3. The number of nitrogens with zero attached hydrogens (tertiary/aromatic N) is 2. The van der Waals surface area contributed by atoms with Crippen LogP contribution in [0.3, 0.4) is 0 Å². The van der Waals surface area contributed by atoms with Gasteiger partial charge in [-0.05, 0) is 65.9 Å². The average Bonchev–Trinajstić information content (AvgIpc) is 3.29. The van der Waals surface area contributed by atoms with Crippen molar-refractivity contribution in [1.29, 1.82) is 0 Å². The van der Waals surface area contributed by atoms with Crippen LogP contribution in [0.25, 0.3) is 12.2 Å². The van der Waals surface area contributed by atoms with Crippen molar-refractivity contribution in [3.8, 4) is 5.75 Å². The second kappa shape index (κ2) is 10.7. The minimum atomic E-state index is -0.566. The standard InChI is InChI=1S/C27H30FN3O3/c1-4-19-14-22(6-5-20(19)13-18-9-11-34-12-10-18)27(32)30-26(23-16-29-31(2)17-23)21-7-8-25(33-3)24(28)15-21/h4-8,13-18,26H,9-12H2,1-3H3,(H,30,32)/b19-4-,20-13?/t26-/m0/s1. The number of carbonyl (C=O) groups excluding carboxylic acids is 1. The highest BCUT2D eigenvalue weighted by molar-refractivity contribution is 5.94. The van der Waals surface area contributed by atoms with Gasteiger partial charge in [0.25, 0.3) is 5.91 Å². The summed E-state index contributed by atoms with van der Waals surface area (Å²) in [4.78, 5) is 13.3. The molecular weight excluding hydrogens is 433 g/mol.